The van der Waals surface area contributed by atoms with E-state index in [0.717, 1.165) is 22.9 Å². The van der Waals surface area contributed by atoms with Gasteiger partial charge in [0.15, 0.2) is 22.6 Å². The molecule has 7 aromatic rings. The first-order valence-electron chi connectivity index (χ1n) is 16.3. The van der Waals surface area contributed by atoms with Crippen molar-refractivity contribution in [1.29, 1.82) is 0 Å². The number of aryl methyl sites for hydroxylation is 3. The van der Waals surface area contributed by atoms with Crippen LogP contribution in [0.5, 0.6) is 11.5 Å². The Morgan fingerprint density at radius 3 is 2.23 bits per heavy atom. The Morgan fingerprint density at radius 2 is 1.38 bits per heavy atom. The van der Waals surface area contributed by atoms with Crippen molar-refractivity contribution in [2.75, 3.05) is 4.90 Å². The first-order chi connectivity index (χ1) is 23.0. The van der Waals surface area contributed by atoms with Crippen molar-refractivity contribution in [1.82, 2.24) is 9.36 Å². The average Bonchev–Trinajstić information content (AvgIpc) is 3.79. The summed E-state index contributed by atoms with van der Waals surface area (Å²) in [5, 5.41) is 0. The Kier molecular flexibility index (Phi) is 4.46. The molecule has 11 rings (SSSR count). The molecule has 0 saturated carbocycles. The minimum Gasteiger partial charge on any atom is -0.453 e. The van der Waals surface area contributed by atoms with Crippen molar-refractivity contribution >= 4 is 17.1 Å². The van der Waals surface area contributed by atoms with Crippen LogP contribution in [0.15, 0.2) is 115 Å². The highest BCUT2D eigenvalue weighted by Gasteiger charge is 2.75. The smallest absolute Gasteiger partial charge is 0.453 e. The van der Waals surface area contributed by atoms with Crippen molar-refractivity contribution in [3.05, 3.63) is 149 Å². The third-order valence-corrected chi connectivity index (χ3v) is 10.8. The highest BCUT2D eigenvalue weighted by molar-refractivity contribution is 5.96. The lowest BCUT2D eigenvalue weighted by atomic mass is 9.82. The van der Waals surface area contributed by atoms with Crippen molar-refractivity contribution < 1.29 is 14.1 Å². The van der Waals surface area contributed by atoms with E-state index in [1.807, 2.05) is 0 Å². The summed E-state index contributed by atoms with van der Waals surface area (Å²) in [4.78, 5) is 2.44. The average molecular weight is 610 g/mol. The van der Waals surface area contributed by atoms with Gasteiger partial charge < -0.3 is 9.64 Å². The van der Waals surface area contributed by atoms with Crippen LogP contribution in [0.2, 0.25) is 0 Å². The third-order valence-electron chi connectivity index (χ3n) is 10.8. The molecule has 224 valence electrons. The fourth-order valence-corrected chi connectivity index (χ4v) is 9.11. The Morgan fingerprint density at radius 1 is 0.596 bits per heavy atom. The zero-order chi connectivity index (χ0) is 31.3. The van der Waals surface area contributed by atoms with E-state index in [-0.39, 0.29) is 0 Å². The molecular weight excluding hydrogens is 578 g/mol. The van der Waals surface area contributed by atoms with Crippen molar-refractivity contribution in [3.63, 3.8) is 0 Å². The lowest BCUT2D eigenvalue weighted by Crippen LogP contribution is -2.76. The van der Waals surface area contributed by atoms with Gasteiger partial charge in [0.2, 0.25) is 11.4 Å². The van der Waals surface area contributed by atoms with Crippen LogP contribution in [0.25, 0.3) is 33.6 Å². The predicted molar refractivity (Wildman–Crippen MR) is 182 cm³/mol. The minimum absolute atomic E-state index is 0.642. The molecule has 0 fully saturated rings. The number of ether oxygens (including phenoxy) is 1. The zero-order valence-corrected chi connectivity index (χ0v) is 26.6. The molecule has 4 aliphatic rings. The maximum absolute atomic E-state index is 6.69. The van der Waals surface area contributed by atoms with Gasteiger partial charge in [0, 0.05) is 19.9 Å². The molecule has 6 nitrogen and oxygen atoms in total. The summed E-state index contributed by atoms with van der Waals surface area (Å²) < 4.78 is 16.6. The summed E-state index contributed by atoms with van der Waals surface area (Å²) in [7, 11) is 0. The van der Waals surface area contributed by atoms with Gasteiger partial charge in [-0.05, 0) is 81.9 Å². The van der Waals surface area contributed by atoms with Gasteiger partial charge in [-0.25, -0.2) is 0 Å². The number of fused-ring (bicyclic) bond motifs is 7. The molecule has 0 saturated heterocycles. The van der Waals surface area contributed by atoms with E-state index in [0.29, 0.717) is 0 Å². The van der Waals surface area contributed by atoms with E-state index < -0.39 is 5.66 Å². The number of hydrogen-bond donors (Lipinski definition) is 0. The molecule has 5 aromatic carbocycles. The summed E-state index contributed by atoms with van der Waals surface area (Å²) in [6.07, 6.45) is 2.35. The highest BCUT2D eigenvalue weighted by Crippen LogP contribution is 2.63. The quantitative estimate of drug-likeness (QED) is 0.185. The summed E-state index contributed by atoms with van der Waals surface area (Å²) >= 11 is 0. The molecule has 0 N–H and O–H groups in total. The number of nitrogens with zero attached hydrogens (tertiary/aromatic N) is 5. The van der Waals surface area contributed by atoms with Gasteiger partial charge in [-0.3, -0.25) is 0 Å². The fourth-order valence-electron chi connectivity index (χ4n) is 9.11. The van der Waals surface area contributed by atoms with E-state index in [1.165, 1.54) is 73.1 Å². The van der Waals surface area contributed by atoms with Gasteiger partial charge in [-0.15, -0.1) is 9.36 Å². The van der Waals surface area contributed by atoms with Gasteiger partial charge in [0.1, 0.15) is 17.1 Å². The summed E-state index contributed by atoms with van der Waals surface area (Å²) in [5.41, 5.74) is 17.5. The summed E-state index contributed by atoms with van der Waals surface area (Å²) in [6, 6.07) is 39.4. The monoisotopic (exact) mass is 609 g/mol. The van der Waals surface area contributed by atoms with Crippen LogP contribution in [-0.2, 0) is 5.66 Å². The standard InChI is InChI=1S/C41H31N5O/c1-24-21-29(28-11-6-5-7-12-28)17-18-30(24)31-23-42-33-19-20-37-40-39(33)41(46(42)27(31)4)38-34(43(40)32-13-8-9-16-36(32)47-37)14-10-15-35(38)44-25(2)22-26(3)45(41)44/h5-23H,1-4H3/q+2. The van der Waals surface area contributed by atoms with Crippen LogP contribution in [-0.4, -0.2) is 9.36 Å². The lowest BCUT2D eigenvalue weighted by Gasteiger charge is -2.38. The first kappa shape index (κ1) is 25.3. The van der Waals surface area contributed by atoms with Crippen LogP contribution in [0, 0.1) is 27.7 Å². The van der Waals surface area contributed by atoms with Gasteiger partial charge in [-0.1, -0.05) is 66.7 Å². The maximum Gasteiger partial charge on any atom is 0.466 e. The Labute approximate surface area is 272 Å². The van der Waals surface area contributed by atoms with E-state index in [4.69, 9.17) is 4.74 Å². The molecule has 47 heavy (non-hydrogen) atoms. The molecule has 2 aromatic heterocycles. The van der Waals surface area contributed by atoms with E-state index >= 15 is 0 Å². The molecule has 0 aliphatic carbocycles. The number of para-hydroxylation sites is 2. The van der Waals surface area contributed by atoms with Crippen LogP contribution in [0.1, 0.15) is 33.8 Å². The third kappa shape index (κ3) is 2.77. The minimum atomic E-state index is -0.642. The van der Waals surface area contributed by atoms with Gasteiger partial charge in [0.05, 0.1) is 28.8 Å². The molecular formula is C41H31N5O+2. The summed E-state index contributed by atoms with van der Waals surface area (Å²) in [5.74, 6) is 1.76. The second kappa shape index (κ2) is 8.28. The summed E-state index contributed by atoms with van der Waals surface area (Å²) in [6.45, 7) is 8.99. The Bertz CT molecular complexity index is 2560. The number of aromatic nitrogens is 4. The number of hydrogen-bond acceptors (Lipinski definition) is 2. The number of benzene rings is 5. The highest BCUT2D eigenvalue weighted by atomic mass is 16.5. The van der Waals surface area contributed by atoms with Crippen LogP contribution >= 0.6 is 0 Å². The fraction of sp³-hybridized carbons (Fsp3) is 0.122. The van der Waals surface area contributed by atoms with E-state index in [1.54, 1.807) is 0 Å². The molecule has 1 spiro atoms. The molecule has 0 radical (unpaired) electrons. The van der Waals surface area contributed by atoms with Crippen LogP contribution in [0.3, 0.4) is 0 Å². The Hall–Kier alpha value is -5.88. The normalized spacial score (nSPS) is 16.7. The van der Waals surface area contributed by atoms with Gasteiger partial charge in [0.25, 0.3) is 0 Å². The van der Waals surface area contributed by atoms with Gasteiger partial charge in [-0.2, -0.15) is 0 Å². The van der Waals surface area contributed by atoms with Crippen molar-refractivity contribution in [2.24, 2.45) is 0 Å². The molecule has 1 atom stereocenters. The van der Waals surface area contributed by atoms with E-state index in [9.17, 15) is 0 Å². The zero-order valence-electron chi connectivity index (χ0n) is 26.6. The largest absolute Gasteiger partial charge is 0.466 e. The van der Waals surface area contributed by atoms with E-state index in [2.05, 4.69) is 167 Å². The molecule has 0 amide bonds. The van der Waals surface area contributed by atoms with Gasteiger partial charge >= 0.3 is 5.66 Å². The number of anilines is 3. The molecule has 0 bridgehead atoms. The first-order valence-corrected chi connectivity index (χ1v) is 16.3. The predicted octanol–water partition coefficient (Wildman–Crippen LogP) is 8.22. The molecule has 6 heteroatoms. The number of rotatable bonds is 2. The lowest BCUT2D eigenvalue weighted by molar-refractivity contribution is -1.02. The second-order valence-electron chi connectivity index (χ2n) is 13.3. The van der Waals surface area contributed by atoms with Crippen molar-refractivity contribution in [2.45, 2.75) is 33.4 Å². The Balaban J connectivity index is 1.25. The van der Waals surface area contributed by atoms with Crippen LogP contribution < -0.4 is 19.0 Å². The molecule has 6 heterocycles. The van der Waals surface area contributed by atoms with Crippen molar-refractivity contribution in [3.8, 4) is 45.1 Å². The topological polar surface area (TPSA) is 30.1 Å². The second-order valence-corrected chi connectivity index (χ2v) is 13.3. The maximum atomic E-state index is 6.69. The van der Waals surface area contributed by atoms with Crippen LogP contribution in [0.4, 0.5) is 17.1 Å². The SMILES string of the molecule is Cc1cc(-c2ccccc2)ccc1-c1cn2[n+](c1C)C13c4c(cccc4-n4c(C)cc(C)[n+]41)N1c4ccccc4Oc4ccc-2c3c41. The molecule has 4 aliphatic heterocycles. The molecule has 1 unspecified atom stereocenters.